The Morgan fingerprint density at radius 2 is 1.91 bits per heavy atom. The maximum atomic E-state index is 14.6. The number of pyridine rings is 1. The fourth-order valence-corrected chi connectivity index (χ4v) is 5.37. The first kappa shape index (κ1) is 21.7. The summed E-state index contributed by atoms with van der Waals surface area (Å²) in [7, 11) is 0. The van der Waals surface area contributed by atoms with Crippen LogP contribution in [0.3, 0.4) is 0 Å². The van der Waals surface area contributed by atoms with E-state index in [-0.39, 0.29) is 31.2 Å². The Morgan fingerprint density at radius 1 is 1.09 bits per heavy atom. The molecule has 2 fully saturated rings. The highest BCUT2D eigenvalue weighted by molar-refractivity contribution is 6.06. The van der Waals surface area contributed by atoms with Crippen molar-refractivity contribution in [2.45, 2.75) is 32.0 Å². The van der Waals surface area contributed by atoms with Crippen LogP contribution in [-0.4, -0.2) is 69.1 Å². The maximum absolute atomic E-state index is 14.6. The number of piperidine rings is 1. The number of piperazine rings is 1. The van der Waals surface area contributed by atoms with Crippen LogP contribution in [0.2, 0.25) is 0 Å². The third kappa shape index (κ3) is 3.83. The van der Waals surface area contributed by atoms with Crippen LogP contribution < -0.4 is 10.2 Å². The van der Waals surface area contributed by atoms with Crippen molar-refractivity contribution >= 4 is 29.1 Å². The summed E-state index contributed by atoms with van der Waals surface area (Å²) in [6.45, 7) is 3.96. The van der Waals surface area contributed by atoms with E-state index in [1.54, 1.807) is 0 Å². The van der Waals surface area contributed by atoms with Gasteiger partial charge in [-0.1, -0.05) is 6.07 Å². The van der Waals surface area contributed by atoms with Crippen molar-refractivity contribution in [3.05, 3.63) is 65.4 Å². The van der Waals surface area contributed by atoms with Gasteiger partial charge in [-0.05, 0) is 30.7 Å². The number of imide groups is 1. The van der Waals surface area contributed by atoms with Crippen molar-refractivity contribution in [3.63, 3.8) is 0 Å². The van der Waals surface area contributed by atoms with Crippen LogP contribution in [0.1, 0.15) is 34.5 Å². The zero-order valence-corrected chi connectivity index (χ0v) is 19.1. The smallest absolute Gasteiger partial charge is 0.255 e. The molecule has 35 heavy (non-hydrogen) atoms. The van der Waals surface area contributed by atoms with E-state index < -0.39 is 17.8 Å². The van der Waals surface area contributed by atoms with Crippen LogP contribution in [0.15, 0.2) is 42.7 Å². The summed E-state index contributed by atoms with van der Waals surface area (Å²) in [5.74, 6) is -1.62. The van der Waals surface area contributed by atoms with E-state index in [1.807, 2.05) is 30.6 Å². The number of fused-ring (bicyclic) bond motifs is 2. The summed E-state index contributed by atoms with van der Waals surface area (Å²) in [6.07, 6.45) is 4.38. The molecule has 1 aromatic carbocycles. The molecule has 0 radical (unpaired) electrons. The number of hydrogen-bond acceptors (Lipinski definition) is 6. The molecular weight excluding hydrogens is 451 g/mol. The van der Waals surface area contributed by atoms with Gasteiger partial charge in [-0.15, -0.1) is 0 Å². The molecule has 2 saturated heterocycles. The van der Waals surface area contributed by atoms with Gasteiger partial charge in [0.2, 0.25) is 11.8 Å². The van der Waals surface area contributed by atoms with Crippen molar-refractivity contribution < 1.29 is 18.8 Å². The number of carbonyl (C=O) groups excluding carboxylic acids is 3. The average molecular weight is 477 g/mol. The number of rotatable bonds is 4. The standard InChI is InChI=1S/C25H25FN6O3/c26-16-11-18-19(15-32(25(18)35)20-4-5-23(33)28-24(20)34)21(12-16)30-9-7-29(8-10-30)14-17-13-27-22-3-1-2-6-31(17)22/h1-3,6,11-13,20H,4-5,7-10,14-15H2,(H,28,33,34). The number of anilines is 1. The van der Waals surface area contributed by atoms with Gasteiger partial charge in [-0.25, -0.2) is 9.37 Å². The molecule has 10 heteroatoms. The van der Waals surface area contributed by atoms with Crippen molar-refractivity contribution in [3.8, 4) is 0 Å². The second-order valence-corrected chi connectivity index (χ2v) is 9.29. The number of hydrogen-bond donors (Lipinski definition) is 1. The van der Waals surface area contributed by atoms with Gasteiger partial charge in [0.05, 0.1) is 11.9 Å². The molecule has 6 rings (SSSR count). The second kappa shape index (κ2) is 8.46. The molecule has 1 N–H and O–H groups in total. The Bertz CT molecular complexity index is 1350. The van der Waals surface area contributed by atoms with Crippen molar-refractivity contribution in [1.82, 2.24) is 24.5 Å². The van der Waals surface area contributed by atoms with Crippen LogP contribution in [0.4, 0.5) is 10.1 Å². The van der Waals surface area contributed by atoms with Gasteiger partial charge in [0.25, 0.3) is 5.91 Å². The van der Waals surface area contributed by atoms with Crippen LogP contribution in [-0.2, 0) is 22.7 Å². The molecule has 1 unspecified atom stereocenters. The molecule has 2 aromatic heterocycles. The van der Waals surface area contributed by atoms with E-state index in [0.717, 1.165) is 36.5 Å². The minimum Gasteiger partial charge on any atom is -0.369 e. The molecule has 3 aromatic rings. The SMILES string of the molecule is O=C1CCC(N2Cc3c(cc(F)cc3N3CCN(Cc4cnc5ccccn45)CC3)C2=O)C(=O)N1. The lowest BCUT2D eigenvalue weighted by molar-refractivity contribution is -0.136. The molecule has 1 atom stereocenters. The number of nitrogens with zero attached hydrogens (tertiary/aromatic N) is 5. The third-order valence-corrected chi connectivity index (χ3v) is 7.19. The number of nitrogens with one attached hydrogen (secondary N) is 1. The molecule has 3 aliphatic heterocycles. The third-order valence-electron chi connectivity index (χ3n) is 7.19. The van der Waals surface area contributed by atoms with E-state index in [9.17, 15) is 18.8 Å². The van der Waals surface area contributed by atoms with Gasteiger partial charge in [-0.3, -0.25) is 24.6 Å². The van der Waals surface area contributed by atoms with Crippen LogP contribution in [0.25, 0.3) is 5.65 Å². The summed E-state index contributed by atoms with van der Waals surface area (Å²) >= 11 is 0. The van der Waals surface area contributed by atoms with E-state index in [1.165, 1.54) is 17.0 Å². The monoisotopic (exact) mass is 476 g/mol. The van der Waals surface area contributed by atoms with Gasteiger partial charge in [-0.2, -0.15) is 0 Å². The van der Waals surface area contributed by atoms with E-state index in [4.69, 9.17) is 0 Å². The summed E-state index contributed by atoms with van der Waals surface area (Å²) in [5, 5.41) is 2.31. The number of carbonyl (C=O) groups is 3. The molecule has 3 aliphatic rings. The molecular formula is C25H25FN6O3. The molecule has 0 spiro atoms. The Labute approximate surface area is 201 Å². The minimum absolute atomic E-state index is 0.187. The van der Waals surface area contributed by atoms with E-state index in [2.05, 4.69) is 24.5 Å². The quantitative estimate of drug-likeness (QED) is 0.575. The van der Waals surface area contributed by atoms with Crippen molar-refractivity contribution in [2.75, 3.05) is 31.1 Å². The van der Waals surface area contributed by atoms with Gasteiger partial charge in [0.1, 0.15) is 17.5 Å². The Hall–Kier alpha value is -3.79. The number of imidazole rings is 1. The molecule has 0 saturated carbocycles. The van der Waals surface area contributed by atoms with Gasteiger partial charge in [0.15, 0.2) is 0 Å². The first-order valence-electron chi connectivity index (χ1n) is 11.8. The highest BCUT2D eigenvalue weighted by Crippen LogP contribution is 2.35. The lowest BCUT2D eigenvalue weighted by atomic mass is 10.0. The zero-order valence-electron chi connectivity index (χ0n) is 19.1. The lowest BCUT2D eigenvalue weighted by Crippen LogP contribution is -2.52. The Balaban J connectivity index is 1.18. The molecule has 3 amide bonds. The predicted molar refractivity (Wildman–Crippen MR) is 125 cm³/mol. The van der Waals surface area contributed by atoms with Crippen molar-refractivity contribution in [2.24, 2.45) is 0 Å². The largest absolute Gasteiger partial charge is 0.369 e. The van der Waals surface area contributed by atoms with E-state index in [0.29, 0.717) is 24.3 Å². The van der Waals surface area contributed by atoms with Gasteiger partial charge >= 0.3 is 0 Å². The van der Waals surface area contributed by atoms with Crippen LogP contribution in [0.5, 0.6) is 0 Å². The minimum atomic E-state index is -0.717. The average Bonchev–Trinajstić information content (AvgIpc) is 3.40. The fourth-order valence-electron chi connectivity index (χ4n) is 5.37. The zero-order chi connectivity index (χ0) is 24.1. The highest BCUT2D eigenvalue weighted by atomic mass is 19.1. The molecule has 5 heterocycles. The van der Waals surface area contributed by atoms with Gasteiger partial charge < -0.3 is 14.2 Å². The molecule has 0 bridgehead atoms. The summed E-state index contributed by atoms with van der Waals surface area (Å²) in [4.78, 5) is 47.4. The molecule has 9 nitrogen and oxygen atoms in total. The summed E-state index contributed by atoms with van der Waals surface area (Å²) in [6, 6.07) is 7.96. The summed E-state index contributed by atoms with van der Waals surface area (Å²) < 4.78 is 16.7. The van der Waals surface area contributed by atoms with Crippen LogP contribution in [0, 0.1) is 5.82 Å². The molecule has 0 aliphatic carbocycles. The fraction of sp³-hybridized carbons (Fsp3) is 0.360. The highest BCUT2D eigenvalue weighted by Gasteiger charge is 2.41. The van der Waals surface area contributed by atoms with Crippen molar-refractivity contribution in [1.29, 1.82) is 0 Å². The normalized spacial score (nSPS) is 21.1. The molecule has 180 valence electrons. The lowest BCUT2D eigenvalue weighted by Gasteiger charge is -2.37. The number of benzene rings is 1. The Morgan fingerprint density at radius 3 is 2.71 bits per heavy atom. The number of halogens is 1. The maximum Gasteiger partial charge on any atom is 0.255 e. The first-order chi connectivity index (χ1) is 17.0. The summed E-state index contributed by atoms with van der Waals surface area (Å²) in [5.41, 5.74) is 3.79. The van der Waals surface area contributed by atoms with E-state index >= 15 is 0 Å². The second-order valence-electron chi connectivity index (χ2n) is 9.29. The topological polar surface area (TPSA) is 90.3 Å². The number of amides is 3. The number of aromatic nitrogens is 2. The first-order valence-corrected chi connectivity index (χ1v) is 11.8. The Kier molecular flexibility index (Phi) is 5.25. The predicted octanol–water partition coefficient (Wildman–Crippen LogP) is 1.56. The van der Waals surface area contributed by atoms with Crippen LogP contribution >= 0.6 is 0 Å². The van der Waals surface area contributed by atoms with Gasteiger partial charge in [0, 0.05) is 68.7 Å².